The Morgan fingerprint density at radius 1 is 1.13 bits per heavy atom. The number of nitrogens with one attached hydrogen (secondary N) is 2. The van der Waals surface area contributed by atoms with Crippen LogP contribution in [0.15, 0.2) is 24.3 Å². The number of carbonyl (C=O) groups is 2. The molecule has 0 unspecified atom stereocenters. The topological polar surface area (TPSA) is 76.7 Å². The average molecular weight is 322 g/mol. The monoisotopic (exact) mass is 322 g/mol. The van der Waals surface area contributed by atoms with Crippen LogP contribution in [0.3, 0.4) is 0 Å². The zero-order valence-electron chi connectivity index (χ0n) is 14.1. The minimum absolute atomic E-state index is 0.0446. The van der Waals surface area contributed by atoms with E-state index in [0.717, 1.165) is 6.42 Å². The number of benzene rings is 1. The maximum atomic E-state index is 11.9. The maximum absolute atomic E-state index is 11.9. The number of rotatable bonds is 10. The first-order valence-electron chi connectivity index (χ1n) is 7.92. The molecular formula is C17H26N2O4. The van der Waals surface area contributed by atoms with Gasteiger partial charge in [0.1, 0.15) is 5.75 Å². The molecule has 0 aliphatic heterocycles. The molecule has 0 atom stereocenters. The van der Waals surface area contributed by atoms with E-state index in [-0.39, 0.29) is 24.5 Å². The van der Waals surface area contributed by atoms with Crippen LogP contribution >= 0.6 is 0 Å². The van der Waals surface area contributed by atoms with Crippen molar-refractivity contribution in [2.24, 2.45) is 0 Å². The van der Waals surface area contributed by atoms with Gasteiger partial charge in [-0.2, -0.15) is 0 Å². The van der Waals surface area contributed by atoms with Crippen molar-refractivity contribution in [3.05, 3.63) is 29.8 Å². The van der Waals surface area contributed by atoms with Crippen molar-refractivity contribution in [2.45, 2.75) is 33.3 Å². The third kappa shape index (κ3) is 8.21. The quantitative estimate of drug-likeness (QED) is 0.643. The molecule has 6 heteroatoms. The molecule has 0 aliphatic carbocycles. The fourth-order valence-electron chi connectivity index (χ4n) is 1.81. The zero-order chi connectivity index (χ0) is 17.1. The van der Waals surface area contributed by atoms with E-state index in [4.69, 9.17) is 9.47 Å². The standard InChI is InChI=1S/C17H26N2O4/c1-4-22-15-8-6-14(7-9-15)17(21)19-12-16(20)18-10-5-11-23-13(2)3/h6-9,13H,4-5,10-12H2,1-3H3,(H,18,20)(H,19,21). The fraction of sp³-hybridized carbons (Fsp3) is 0.529. The molecule has 0 aliphatic rings. The van der Waals surface area contributed by atoms with Gasteiger partial charge in [0.15, 0.2) is 0 Å². The van der Waals surface area contributed by atoms with E-state index < -0.39 is 0 Å². The summed E-state index contributed by atoms with van der Waals surface area (Å²) >= 11 is 0. The van der Waals surface area contributed by atoms with Crippen LogP contribution in [0.25, 0.3) is 0 Å². The smallest absolute Gasteiger partial charge is 0.251 e. The lowest BCUT2D eigenvalue weighted by Crippen LogP contribution is -2.37. The van der Waals surface area contributed by atoms with Gasteiger partial charge in [0.05, 0.1) is 19.3 Å². The number of carbonyl (C=O) groups excluding carboxylic acids is 2. The second-order valence-electron chi connectivity index (χ2n) is 5.26. The Morgan fingerprint density at radius 3 is 2.43 bits per heavy atom. The van der Waals surface area contributed by atoms with Crippen molar-refractivity contribution in [1.82, 2.24) is 10.6 Å². The van der Waals surface area contributed by atoms with Crippen LogP contribution in [-0.2, 0) is 9.53 Å². The highest BCUT2D eigenvalue weighted by atomic mass is 16.5. The SMILES string of the molecule is CCOc1ccc(C(=O)NCC(=O)NCCCOC(C)C)cc1. The molecule has 0 radical (unpaired) electrons. The van der Waals surface area contributed by atoms with Gasteiger partial charge in [0.25, 0.3) is 5.91 Å². The second-order valence-corrected chi connectivity index (χ2v) is 5.26. The van der Waals surface area contributed by atoms with Crippen molar-refractivity contribution < 1.29 is 19.1 Å². The Labute approximate surface area is 137 Å². The van der Waals surface area contributed by atoms with Crippen LogP contribution in [0.2, 0.25) is 0 Å². The summed E-state index contributed by atoms with van der Waals surface area (Å²) in [6.07, 6.45) is 0.940. The number of ether oxygens (including phenoxy) is 2. The third-order valence-electron chi connectivity index (χ3n) is 2.93. The lowest BCUT2D eigenvalue weighted by atomic mass is 10.2. The Bertz CT molecular complexity index is 486. The molecule has 1 aromatic carbocycles. The van der Waals surface area contributed by atoms with Crippen molar-refractivity contribution in [2.75, 3.05) is 26.3 Å². The Morgan fingerprint density at radius 2 is 1.83 bits per heavy atom. The van der Waals surface area contributed by atoms with Gasteiger partial charge in [0.2, 0.25) is 5.91 Å². The molecule has 0 aromatic heterocycles. The summed E-state index contributed by atoms with van der Waals surface area (Å²) in [4.78, 5) is 23.5. The molecule has 2 N–H and O–H groups in total. The Kier molecular flexibility index (Phi) is 8.75. The summed E-state index contributed by atoms with van der Waals surface area (Å²) in [6, 6.07) is 6.80. The number of amides is 2. The summed E-state index contributed by atoms with van der Waals surface area (Å²) in [5, 5.41) is 5.32. The van der Waals surface area contributed by atoms with E-state index in [1.54, 1.807) is 24.3 Å². The lowest BCUT2D eigenvalue weighted by Gasteiger charge is -2.09. The van der Waals surface area contributed by atoms with Crippen LogP contribution in [0.1, 0.15) is 37.6 Å². The highest BCUT2D eigenvalue weighted by Crippen LogP contribution is 2.11. The third-order valence-corrected chi connectivity index (χ3v) is 2.93. The molecule has 1 aromatic rings. The van der Waals surface area contributed by atoms with Gasteiger partial charge >= 0.3 is 0 Å². The van der Waals surface area contributed by atoms with E-state index in [2.05, 4.69) is 10.6 Å². The molecule has 0 bridgehead atoms. The van der Waals surface area contributed by atoms with E-state index in [1.807, 2.05) is 20.8 Å². The van der Waals surface area contributed by atoms with E-state index >= 15 is 0 Å². The zero-order valence-corrected chi connectivity index (χ0v) is 14.1. The highest BCUT2D eigenvalue weighted by molar-refractivity contribution is 5.96. The first-order valence-corrected chi connectivity index (χ1v) is 7.92. The minimum atomic E-state index is -0.286. The van der Waals surface area contributed by atoms with Crippen molar-refractivity contribution in [1.29, 1.82) is 0 Å². The van der Waals surface area contributed by atoms with Gasteiger partial charge < -0.3 is 20.1 Å². The Hall–Kier alpha value is -2.08. The van der Waals surface area contributed by atoms with Crippen molar-refractivity contribution in [3.8, 4) is 5.75 Å². The Balaban J connectivity index is 2.23. The summed E-state index contributed by atoms with van der Waals surface area (Å²) in [7, 11) is 0. The molecule has 0 saturated carbocycles. The molecule has 0 fully saturated rings. The first kappa shape index (κ1) is 19.0. The fourth-order valence-corrected chi connectivity index (χ4v) is 1.81. The average Bonchev–Trinajstić information content (AvgIpc) is 2.53. The molecule has 6 nitrogen and oxygen atoms in total. The molecule has 1 rings (SSSR count). The molecule has 0 spiro atoms. The van der Waals surface area contributed by atoms with E-state index in [0.29, 0.717) is 31.1 Å². The predicted molar refractivity (Wildman–Crippen MR) is 88.7 cm³/mol. The summed E-state index contributed by atoms with van der Waals surface area (Å²) in [6.45, 7) is 7.50. The minimum Gasteiger partial charge on any atom is -0.494 e. The van der Waals surface area contributed by atoms with Gasteiger partial charge in [-0.15, -0.1) is 0 Å². The molecule has 23 heavy (non-hydrogen) atoms. The van der Waals surface area contributed by atoms with Gasteiger partial charge in [0, 0.05) is 18.7 Å². The van der Waals surface area contributed by atoms with Crippen LogP contribution in [0.5, 0.6) is 5.75 Å². The summed E-state index contributed by atoms with van der Waals surface area (Å²) in [5.41, 5.74) is 0.492. The van der Waals surface area contributed by atoms with Crippen LogP contribution < -0.4 is 15.4 Å². The second kappa shape index (κ2) is 10.6. The van der Waals surface area contributed by atoms with Crippen molar-refractivity contribution >= 4 is 11.8 Å². The maximum Gasteiger partial charge on any atom is 0.251 e. The molecule has 128 valence electrons. The number of hydrogen-bond donors (Lipinski definition) is 2. The highest BCUT2D eigenvalue weighted by Gasteiger charge is 2.08. The number of hydrogen-bond acceptors (Lipinski definition) is 4. The van der Waals surface area contributed by atoms with Gasteiger partial charge in [-0.3, -0.25) is 9.59 Å². The summed E-state index contributed by atoms with van der Waals surface area (Å²) in [5.74, 6) is 0.214. The normalized spacial score (nSPS) is 10.4. The summed E-state index contributed by atoms with van der Waals surface area (Å²) < 4.78 is 10.7. The molecule has 2 amide bonds. The van der Waals surface area contributed by atoms with Gasteiger partial charge in [-0.1, -0.05) is 0 Å². The van der Waals surface area contributed by atoms with Crippen LogP contribution in [-0.4, -0.2) is 44.2 Å². The predicted octanol–water partition coefficient (Wildman–Crippen LogP) is 1.75. The van der Waals surface area contributed by atoms with Gasteiger partial charge in [-0.05, 0) is 51.5 Å². The van der Waals surface area contributed by atoms with Crippen molar-refractivity contribution in [3.63, 3.8) is 0 Å². The van der Waals surface area contributed by atoms with Crippen LogP contribution in [0.4, 0.5) is 0 Å². The molecular weight excluding hydrogens is 296 g/mol. The van der Waals surface area contributed by atoms with Crippen LogP contribution in [0, 0.1) is 0 Å². The van der Waals surface area contributed by atoms with Gasteiger partial charge in [-0.25, -0.2) is 0 Å². The molecule has 0 heterocycles. The largest absolute Gasteiger partial charge is 0.494 e. The lowest BCUT2D eigenvalue weighted by molar-refractivity contribution is -0.120. The van der Waals surface area contributed by atoms with E-state index in [9.17, 15) is 9.59 Å². The first-order chi connectivity index (χ1) is 11.0. The molecule has 0 saturated heterocycles. The van der Waals surface area contributed by atoms with E-state index in [1.165, 1.54) is 0 Å².